The van der Waals surface area contributed by atoms with Gasteiger partial charge < -0.3 is 15.8 Å². The molecule has 92 valence electrons. The average Bonchev–Trinajstić information content (AvgIpc) is 2.62. The number of halogens is 4. The Morgan fingerprint density at radius 3 is 2.24 bits per heavy atom. The number of hydrogen-bond acceptors (Lipinski definition) is 3. The molecule has 1 atom stereocenters. The van der Waals surface area contributed by atoms with E-state index in [1.807, 2.05) is 0 Å². The van der Waals surface area contributed by atoms with Crippen LogP contribution in [-0.4, -0.2) is 6.18 Å². The van der Waals surface area contributed by atoms with Crippen LogP contribution in [0.15, 0.2) is 36.3 Å². The van der Waals surface area contributed by atoms with Gasteiger partial charge in [-0.3, -0.25) is 0 Å². The summed E-state index contributed by atoms with van der Waals surface area (Å²) in [6, 6.07) is 5.17. The number of rotatable bonds is 1. The monoisotopic (exact) mass is 264 g/mol. The minimum atomic E-state index is -4.65. The average molecular weight is 265 g/mol. The van der Waals surface area contributed by atoms with Gasteiger partial charge in [-0.15, -0.1) is 0 Å². The molecule has 2 rings (SSSR count). The lowest BCUT2D eigenvalue weighted by Gasteiger charge is -2.31. The number of nitrogens with two attached hydrogens (primary N) is 1. The number of benzene rings is 1. The molecule has 1 aromatic carbocycles. The van der Waals surface area contributed by atoms with Crippen molar-refractivity contribution >= 4 is 11.6 Å². The van der Waals surface area contributed by atoms with Gasteiger partial charge in [0.15, 0.2) is 0 Å². The smallest absolute Gasteiger partial charge is 0.438 e. The number of nitrogens with one attached hydrogen (secondary N) is 1. The maximum Gasteiger partial charge on any atom is 0.453 e. The first-order valence-electron chi connectivity index (χ1n) is 4.60. The highest BCUT2D eigenvalue weighted by atomic mass is 35.5. The normalized spacial score (nSPS) is 23.9. The summed E-state index contributed by atoms with van der Waals surface area (Å²) < 4.78 is 43.9. The summed E-state index contributed by atoms with van der Waals surface area (Å²) in [7, 11) is 0. The van der Waals surface area contributed by atoms with Crippen LogP contribution in [0.3, 0.4) is 0 Å². The van der Waals surface area contributed by atoms with E-state index in [0.717, 1.165) is 6.20 Å². The van der Waals surface area contributed by atoms with Gasteiger partial charge in [0.2, 0.25) is 5.88 Å². The van der Waals surface area contributed by atoms with E-state index in [1.165, 1.54) is 24.3 Å². The maximum atomic E-state index is 13.1. The van der Waals surface area contributed by atoms with Crippen molar-refractivity contribution in [2.45, 2.75) is 11.9 Å². The topological polar surface area (TPSA) is 47.3 Å². The van der Waals surface area contributed by atoms with E-state index in [4.69, 9.17) is 22.1 Å². The van der Waals surface area contributed by atoms with Crippen LogP contribution in [0.1, 0.15) is 5.56 Å². The molecular formula is C10H8ClF3N2O. The minimum Gasteiger partial charge on any atom is -0.438 e. The van der Waals surface area contributed by atoms with Crippen molar-refractivity contribution in [2.75, 3.05) is 0 Å². The van der Waals surface area contributed by atoms with Crippen molar-refractivity contribution in [3.63, 3.8) is 0 Å². The van der Waals surface area contributed by atoms with E-state index in [9.17, 15) is 13.2 Å². The molecule has 17 heavy (non-hydrogen) atoms. The molecule has 1 aromatic rings. The molecule has 0 aromatic heterocycles. The van der Waals surface area contributed by atoms with E-state index < -0.39 is 11.9 Å². The van der Waals surface area contributed by atoms with E-state index >= 15 is 0 Å². The second-order valence-electron chi connectivity index (χ2n) is 3.48. The fraction of sp³-hybridized carbons (Fsp3) is 0.200. The Kier molecular flexibility index (Phi) is 2.61. The summed E-state index contributed by atoms with van der Waals surface area (Å²) in [5.41, 5.74) is 2.47. The first kappa shape index (κ1) is 11.9. The summed E-state index contributed by atoms with van der Waals surface area (Å²) >= 11 is 5.63. The molecule has 0 spiro atoms. The van der Waals surface area contributed by atoms with Crippen molar-refractivity contribution in [3.05, 3.63) is 46.9 Å². The molecule has 1 aliphatic heterocycles. The van der Waals surface area contributed by atoms with Crippen LogP contribution in [0.2, 0.25) is 5.02 Å². The van der Waals surface area contributed by atoms with E-state index in [0.29, 0.717) is 5.02 Å². The van der Waals surface area contributed by atoms with Gasteiger partial charge in [-0.2, -0.15) is 13.2 Å². The van der Waals surface area contributed by atoms with E-state index in [2.05, 4.69) is 5.32 Å². The number of alkyl halides is 3. The second kappa shape index (κ2) is 3.73. The minimum absolute atomic E-state index is 0.119. The van der Waals surface area contributed by atoms with Crippen LogP contribution in [0, 0.1) is 0 Å². The molecule has 1 heterocycles. The SMILES string of the molecule is NC1=CNC(c2ccc(Cl)cc2)(C(F)(F)F)O1. The van der Waals surface area contributed by atoms with Gasteiger partial charge in [0.05, 0.1) is 6.20 Å². The lowest BCUT2D eigenvalue weighted by Crippen LogP contribution is -2.51. The predicted molar refractivity (Wildman–Crippen MR) is 55.7 cm³/mol. The van der Waals surface area contributed by atoms with Crippen molar-refractivity contribution in [2.24, 2.45) is 5.73 Å². The number of hydrogen-bond donors (Lipinski definition) is 2. The Bertz CT molecular complexity index is 458. The fourth-order valence-corrected chi connectivity index (χ4v) is 1.66. The van der Waals surface area contributed by atoms with Gasteiger partial charge in [0.1, 0.15) is 0 Å². The van der Waals surface area contributed by atoms with Crippen LogP contribution in [-0.2, 0) is 10.5 Å². The fourth-order valence-electron chi connectivity index (χ4n) is 1.54. The zero-order chi connectivity index (χ0) is 12.7. The summed E-state index contributed by atoms with van der Waals surface area (Å²) in [6.07, 6.45) is -3.68. The third kappa shape index (κ3) is 1.88. The quantitative estimate of drug-likeness (QED) is 0.819. The molecule has 0 fully saturated rings. The molecular weight excluding hydrogens is 257 g/mol. The van der Waals surface area contributed by atoms with Crippen LogP contribution in [0.5, 0.6) is 0 Å². The Labute approximate surface area is 100.0 Å². The lowest BCUT2D eigenvalue weighted by atomic mass is 10.0. The van der Waals surface area contributed by atoms with Gasteiger partial charge in [0.25, 0.3) is 0 Å². The van der Waals surface area contributed by atoms with Crippen molar-refractivity contribution in [1.82, 2.24) is 5.32 Å². The highest BCUT2D eigenvalue weighted by molar-refractivity contribution is 6.30. The third-order valence-electron chi connectivity index (χ3n) is 2.34. The van der Waals surface area contributed by atoms with Gasteiger partial charge in [0, 0.05) is 10.6 Å². The summed E-state index contributed by atoms with van der Waals surface area (Å²) in [4.78, 5) is 0. The first-order valence-corrected chi connectivity index (χ1v) is 4.98. The Balaban J connectivity index is 2.46. The molecule has 1 aliphatic rings. The van der Waals surface area contributed by atoms with Crippen molar-refractivity contribution in [1.29, 1.82) is 0 Å². The molecule has 0 saturated heterocycles. The zero-order valence-corrected chi connectivity index (χ0v) is 9.14. The van der Waals surface area contributed by atoms with Gasteiger partial charge in [-0.05, 0) is 12.1 Å². The summed E-state index contributed by atoms with van der Waals surface area (Å²) in [5, 5.41) is 2.46. The maximum absolute atomic E-state index is 13.1. The summed E-state index contributed by atoms with van der Waals surface area (Å²) in [6.45, 7) is 0. The lowest BCUT2D eigenvalue weighted by molar-refractivity contribution is -0.274. The van der Waals surface area contributed by atoms with Crippen LogP contribution in [0.4, 0.5) is 13.2 Å². The largest absolute Gasteiger partial charge is 0.453 e. The van der Waals surface area contributed by atoms with Crippen LogP contribution < -0.4 is 11.1 Å². The Morgan fingerprint density at radius 1 is 1.24 bits per heavy atom. The summed E-state index contributed by atoms with van der Waals surface area (Å²) in [5.74, 6) is -0.322. The molecule has 1 unspecified atom stereocenters. The second-order valence-corrected chi connectivity index (χ2v) is 3.92. The molecule has 7 heteroatoms. The predicted octanol–water partition coefficient (Wildman–Crippen LogP) is 2.43. The van der Waals surface area contributed by atoms with Gasteiger partial charge >= 0.3 is 11.9 Å². The van der Waals surface area contributed by atoms with E-state index in [1.54, 1.807) is 0 Å². The third-order valence-corrected chi connectivity index (χ3v) is 2.59. The number of ether oxygens (including phenoxy) is 1. The molecule has 0 amide bonds. The van der Waals surface area contributed by atoms with Crippen molar-refractivity contribution < 1.29 is 17.9 Å². The Morgan fingerprint density at radius 2 is 1.82 bits per heavy atom. The molecule has 0 aliphatic carbocycles. The zero-order valence-electron chi connectivity index (χ0n) is 8.38. The van der Waals surface area contributed by atoms with Gasteiger partial charge in [-0.1, -0.05) is 23.7 Å². The highest BCUT2D eigenvalue weighted by Gasteiger charge is 2.61. The highest BCUT2D eigenvalue weighted by Crippen LogP contribution is 2.43. The van der Waals surface area contributed by atoms with Crippen LogP contribution in [0.25, 0.3) is 0 Å². The van der Waals surface area contributed by atoms with Crippen molar-refractivity contribution in [3.8, 4) is 0 Å². The Hall–Kier alpha value is -1.56. The molecule has 3 nitrogen and oxygen atoms in total. The molecule has 3 N–H and O–H groups in total. The molecule has 0 radical (unpaired) electrons. The molecule has 0 saturated carbocycles. The van der Waals surface area contributed by atoms with E-state index in [-0.39, 0.29) is 11.4 Å². The standard InChI is InChI=1S/C10H8ClF3N2O/c11-7-3-1-6(2-4-7)9(10(12,13)14)16-5-8(15)17-9/h1-5,16H,15H2. The van der Waals surface area contributed by atoms with Gasteiger partial charge in [-0.25, -0.2) is 0 Å². The molecule has 0 bridgehead atoms. The first-order chi connectivity index (χ1) is 7.85. The van der Waals surface area contributed by atoms with Crippen LogP contribution >= 0.6 is 11.6 Å².